The number of pyridine rings is 2. The lowest BCUT2D eigenvalue weighted by Gasteiger charge is -2.26. The monoisotopic (exact) mass is 374 g/mol. The van der Waals surface area contributed by atoms with Gasteiger partial charge in [-0.1, -0.05) is 6.07 Å². The van der Waals surface area contributed by atoms with Crippen molar-refractivity contribution in [3.8, 4) is 11.5 Å². The summed E-state index contributed by atoms with van der Waals surface area (Å²) < 4.78 is 15.4. The molecule has 6 nitrogen and oxygen atoms in total. The average Bonchev–Trinajstić information content (AvgIpc) is 3.13. The molecule has 7 heteroatoms. The molecule has 5 rings (SSSR count). The Morgan fingerprint density at radius 1 is 1.14 bits per heavy atom. The lowest BCUT2D eigenvalue weighted by molar-refractivity contribution is 0.586. The average molecular weight is 374 g/mol. The maximum absolute atomic E-state index is 13.7. The van der Waals surface area contributed by atoms with Crippen LogP contribution in [0.4, 0.5) is 10.2 Å². The van der Waals surface area contributed by atoms with Gasteiger partial charge in [0, 0.05) is 29.8 Å². The Kier molecular flexibility index (Phi) is 4.00. The second-order valence-electron chi connectivity index (χ2n) is 7.07. The zero-order valence-corrected chi connectivity index (χ0v) is 15.4. The summed E-state index contributed by atoms with van der Waals surface area (Å²) in [5, 5.41) is 3.57. The van der Waals surface area contributed by atoms with Crippen LogP contribution in [0.5, 0.6) is 0 Å². The third kappa shape index (κ3) is 2.89. The molecule has 0 aromatic carbocycles. The molecule has 0 saturated heterocycles. The number of fused-ring (bicyclic) bond motifs is 2. The van der Waals surface area contributed by atoms with Crippen LogP contribution in [0.15, 0.2) is 49.1 Å². The van der Waals surface area contributed by atoms with Gasteiger partial charge in [-0.05, 0) is 49.9 Å². The van der Waals surface area contributed by atoms with E-state index in [-0.39, 0.29) is 11.9 Å². The Balaban J connectivity index is 1.53. The fraction of sp³-hybridized carbons (Fsp3) is 0.238. The molecule has 0 bridgehead atoms. The number of aryl methyl sites for hydroxylation is 2. The maximum Gasteiger partial charge on any atom is 0.180 e. The van der Waals surface area contributed by atoms with Crippen LogP contribution < -0.4 is 5.32 Å². The smallest absolute Gasteiger partial charge is 0.180 e. The highest BCUT2D eigenvalue weighted by Gasteiger charge is 2.22. The summed E-state index contributed by atoms with van der Waals surface area (Å²) in [7, 11) is 0. The van der Waals surface area contributed by atoms with Crippen LogP contribution in [0.25, 0.3) is 17.2 Å². The number of rotatable bonds is 3. The van der Waals surface area contributed by atoms with Gasteiger partial charge in [-0.15, -0.1) is 0 Å². The van der Waals surface area contributed by atoms with Crippen LogP contribution in [0.3, 0.4) is 0 Å². The molecule has 1 aliphatic rings. The van der Waals surface area contributed by atoms with Gasteiger partial charge in [-0.2, -0.15) is 0 Å². The van der Waals surface area contributed by atoms with Gasteiger partial charge in [0.25, 0.3) is 0 Å². The zero-order valence-electron chi connectivity index (χ0n) is 15.4. The van der Waals surface area contributed by atoms with Gasteiger partial charge < -0.3 is 5.32 Å². The highest BCUT2D eigenvalue weighted by molar-refractivity contribution is 5.59. The van der Waals surface area contributed by atoms with Gasteiger partial charge in [0.1, 0.15) is 23.0 Å². The second-order valence-corrected chi connectivity index (χ2v) is 7.07. The van der Waals surface area contributed by atoms with Crippen molar-refractivity contribution in [1.82, 2.24) is 24.3 Å². The lowest BCUT2D eigenvalue weighted by atomic mass is 9.91. The number of halogens is 1. The lowest BCUT2D eigenvalue weighted by Crippen LogP contribution is -2.19. The maximum atomic E-state index is 13.7. The Morgan fingerprint density at radius 3 is 3.00 bits per heavy atom. The van der Waals surface area contributed by atoms with Gasteiger partial charge in [-0.25, -0.2) is 19.3 Å². The second kappa shape index (κ2) is 6.67. The van der Waals surface area contributed by atoms with E-state index in [0.29, 0.717) is 17.2 Å². The molecule has 1 N–H and O–H groups in total. The van der Waals surface area contributed by atoms with E-state index in [9.17, 15) is 4.39 Å². The van der Waals surface area contributed by atoms with Gasteiger partial charge in [-0.3, -0.25) is 9.38 Å². The molecule has 0 aliphatic heterocycles. The Labute approximate surface area is 161 Å². The normalized spacial score (nSPS) is 16.1. The fourth-order valence-corrected chi connectivity index (χ4v) is 3.75. The van der Waals surface area contributed by atoms with Crippen molar-refractivity contribution in [2.75, 3.05) is 5.32 Å². The van der Waals surface area contributed by atoms with Crippen molar-refractivity contribution in [1.29, 1.82) is 0 Å². The van der Waals surface area contributed by atoms with E-state index in [2.05, 4.69) is 26.3 Å². The number of anilines is 1. The molecule has 4 aromatic heterocycles. The van der Waals surface area contributed by atoms with Gasteiger partial charge in [0.15, 0.2) is 5.82 Å². The van der Waals surface area contributed by atoms with Crippen LogP contribution in [-0.2, 0) is 6.42 Å². The highest BCUT2D eigenvalue weighted by Crippen LogP contribution is 2.32. The van der Waals surface area contributed by atoms with Crippen LogP contribution >= 0.6 is 0 Å². The zero-order chi connectivity index (χ0) is 19.1. The number of hydrogen-bond donors (Lipinski definition) is 1. The van der Waals surface area contributed by atoms with Crippen LogP contribution in [0.2, 0.25) is 0 Å². The summed E-state index contributed by atoms with van der Waals surface area (Å²) in [4.78, 5) is 18.0. The van der Waals surface area contributed by atoms with Crippen molar-refractivity contribution in [2.24, 2.45) is 0 Å². The molecule has 0 spiro atoms. The van der Waals surface area contributed by atoms with Crippen LogP contribution in [0.1, 0.15) is 35.7 Å². The summed E-state index contributed by atoms with van der Waals surface area (Å²) in [6, 6.07) is 7.30. The molecule has 0 amide bonds. The van der Waals surface area contributed by atoms with Gasteiger partial charge >= 0.3 is 0 Å². The summed E-state index contributed by atoms with van der Waals surface area (Å²) in [6.07, 6.45) is 9.83. The first-order valence-corrected chi connectivity index (χ1v) is 9.36. The quantitative estimate of drug-likeness (QED) is 0.584. The molecule has 0 saturated carbocycles. The molecule has 1 atom stereocenters. The number of aromatic nitrogens is 5. The topological polar surface area (TPSA) is 68.0 Å². The van der Waals surface area contributed by atoms with E-state index < -0.39 is 0 Å². The molecular weight excluding hydrogens is 355 g/mol. The molecule has 4 heterocycles. The van der Waals surface area contributed by atoms with Crippen molar-refractivity contribution in [3.05, 3.63) is 71.7 Å². The fourth-order valence-electron chi connectivity index (χ4n) is 3.75. The van der Waals surface area contributed by atoms with E-state index in [4.69, 9.17) is 4.98 Å². The van der Waals surface area contributed by atoms with Crippen molar-refractivity contribution < 1.29 is 4.39 Å². The minimum atomic E-state index is -0.330. The Hall–Kier alpha value is -3.35. The van der Waals surface area contributed by atoms with Crippen LogP contribution in [-0.4, -0.2) is 24.3 Å². The van der Waals surface area contributed by atoms with Gasteiger partial charge in [0.2, 0.25) is 0 Å². The van der Waals surface area contributed by atoms with Crippen molar-refractivity contribution in [3.63, 3.8) is 0 Å². The third-order valence-electron chi connectivity index (χ3n) is 5.19. The van der Waals surface area contributed by atoms with E-state index >= 15 is 0 Å². The predicted molar refractivity (Wildman–Crippen MR) is 104 cm³/mol. The van der Waals surface area contributed by atoms with Gasteiger partial charge in [0.05, 0.1) is 12.2 Å². The molecule has 1 aliphatic carbocycles. The van der Waals surface area contributed by atoms with Crippen LogP contribution in [0, 0.1) is 12.7 Å². The van der Waals surface area contributed by atoms with E-state index in [1.807, 2.05) is 19.2 Å². The van der Waals surface area contributed by atoms with E-state index in [0.717, 1.165) is 36.3 Å². The summed E-state index contributed by atoms with van der Waals surface area (Å²) in [5.41, 5.74) is 4.64. The van der Waals surface area contributed by atoms with E-state index in [1.54, 1.807) is 22.9 Å². The Morgan fingerprint density at radius 2 is 2.07 bits per heavy atom. The van der Waals surface area contributed by atoms with Crippen molar-refractivity contribution >= 4 is 11.5 Å². The largest absolute Gasteiger partial charge is 0.363 e. The highest BCUT2D eigenvalue weighted by atomic mass is 19.1. The standard InChI is InChI=1S/C21H19FN6/c1-13-10-25-21(18-11-24-19-8-7-14(22)12-28(18)19)27-20(13)26-17-6-2-5-16-15(17)4-3-9-23-16/h3-4,7-12,17H,2,5-6H2,1H3,(H,25,26,27). The number of imidazole rings is 1. The molecule has 4 aromatic rings. The summed E-state index contributed by atoms with van der Waals surface area (Å²) >= 11 is 0. The summed E-state index contributed by atoms with van der Waals surface area (Å²) in [5.74, 6) is 0.954. The molecule has 0 fully saturated rings. The number of nitrogens with zero attached hydrogens (tertiary/aromatic N) is 5. The number of nitrogens with one attached hydrogen (secondary N) is 1. The first-order valence-electron chi connectivity index (χ1n) is 9.36. The first-order chi connectivity index (χ1) is 13.7. The number of hydrogen-bond acceptors (Lipinski definition) is 5. The minimum absolute atomic E-state index is 0.165. The Bertz CT molecular complexity index is 1170. The minimum Gasteiger partial charge on any atom is -0.363 e. The molecule has 28 heavy (non-hydrogen) atoms. The molecule has 140 valence electrons. The molecule has 0 radical (unpaired) electrons. The SMILES string of the molecule is Cc1cnc(-c2cnc3ccc(F)cn23)nc1NC1CCCc2ncccc21. The predicted octanol–water partition coefficient (Wildman–Crippen LogP) is 4.12. The molecule has 1 unspecified atom stereocenters. The molecular formula is C21H19FN6. The first kappa shape index (κ1) is 16.8. The summed E-state index contributed by atoms with van der Waals surface area (Å²) in [6.45, 7) is 1.98. The third-order valence-corrected chi connectivity index (χ3v) is 5.19. The van der Waals surface area contributed by atoms with E-state index in [1.165, 1.54) is 17.8 Å². The van der Waals surface area contributed by atoms with Crippen molar-refractivity contribution in [2.45, 2.75) is 32.2 Å².